The van der Waals surface area contributed by atoms with Gasteiger partial charge in [-0.3, -0.25) is 0 Å². The summed E-state index contributed by atoms with van der Waals surface area (Å²) in [7, 11) is 1.35. The van der Waals surface area contributed by atoms with Crippen LogP contribution in [0.1, 0.15) is 0 Å². The molecule has 0 unspecified atom stereocenters. The van der Waals surface area contributed by atoms with Crippen LogP contribution in [0.25, 0.3) is 0 Å². The molecule has 0 aliphatic carbocycles. The number of nitrogens with two attached hydrogens (primary N) is 1. The second-order valence-electron chi connectivity index (χ2n) is 1.85. The van der Waals surface area contributed by atoms with Crippen molar-refractivity contribution in [1.29, 1.82) is 0 Å². The lowest BCUT2D eigenvalue weighted by atomic mass is 10.5. The van der Waals surface area contributed by atoms with Crippen molar-refractivity contribution in [3.63, 3.8) is 0 Å². The number of rotatable bonds is 1. The summed E-state index contributed by atoms with van der Waals surface area (Å²) in [5.41, 5.74) is 5.22. The quantitative estimate of drug-likeness (QED) is 0.661. The van der Waals surface area contributed by atoms with Crippen LogP contribution in [0.2, 0.25) is 0 Å². The molecule has 0 saturated heterocycles. The summed E-state index contributed by atoms with van der Waals surface area (Å²) < 4.78 is 21.3. The molecule has 1 heterocycles. The van der Waals surface area contributed by atoms with Gasteiger partial charge in [-0.15, -0.1) is 0 Å². The van der Waals surface area contributed by atoms with E-state index in [1.807, 2.05) is 0 Å². The minimum atomic E-state index is -3.67. The Kier molecular flexibility index (Phi) is 2.01. The Labute approximate surface area is 68.4 Å². The Morgan fingerprint density at radius 3 is 2.55 bits per heavy atom. The fourth-order valence-corrected chi connectivity index (χ4v) is 1.35. The van der Waals surface area contributed by atoms with Gasteiger partial charge in [-0.2, -0.15) is 0 Å². The van der Waals surface area contributed by atoms with Crippen LogP contribution in [0.3, 0.4) is 0 Å². The average molecular weight is 193 g/mol. The van der Waals surface area contributed by atoms with Crippen molar-refractivity contribution in [1.82, 2.24) is 4.98 Å². The van der Waals surface area contributed by atoms with Crippen molar-refractivity contribution in [3.05, 3.63) is 18.3 Å². The third-order valence-corrected chi connectivity index (χ3v) is 2.39. The Hall–Kier alpha value is -0.810. The Bertz CT molecular complexity index is 363. The predicted octanol–water partition coefficient (Wildman–Crippen LogP) is 0.591. The first kappa shape index (κ1) is 8.29. The van der Waals surface area contributed by atoms with E-state index >= 15 is 0 Å². The highest BCUT2D eigenvalue weighted by molar-refractivity contribution is 8.13. The van der Waals surface area contributed by atoms with E-state index in [1.165, 1.54) is 18.3 Å². The molecule has 4 nitrogen and oxygen atoms in total. The minimum absolute atomic E-state index is 0.0355. The van der Waals surface area contributed by atoms with Crippen molar-refractivity contribution >= 4 is 25.6 Å². The molecule has 1 aromatic heterocycles. The third kappa shape index (κ3) is 2.06. The number of pyridine rings is 1. The number of hydrogen-bond acceptors (Lipinski definition) is 4. The molecule has 0 bridgehead atoms. The first-order valence-corrected chi connectivity index (χ1v) is 4.97. The first-order valence-electron chi connectivity index (χ1n) is 2.66. The molecule has 2 N–H and O–H groups in total. The van der Waals surface area contributed by atoms with E-state index in [0.29, 0.717) is 0 Å². The molecular weight excluding hydrogens is 188 g/mol. The van der Waals surface area contributed by atoms with Gasteiger partial charge in [0.05, 0.1) is 4.90 Å². The van der Waals surface area contributed by atoms with Gasteiger partial charge < -0.3 is 5.73 Å². The molecule has 0 atom stereocenters. The summed E-state index contributed by atoms with van der Waals surface area (Å²) in [6.45, 7) is 0. The molecule has 11 heavy (non-hydrogen) atoms. The van der Waals surface area contributed by atoms with Gasteiger partial charge in [-0.25, -0.2) is 13.4 Å². The van der Waals surface area contributed by atoms with Crippen LogP contribution in [0.5, 0.6) is 0 Å². The fourth-order valence-electron chi connectivity index (χ4n) is 0.580. The Morgan fingerprint density at radius 1 is 1.55 bits per heavy atom. The van der Waals surface area contributed by atoms with E-state index in [4.69, 9.17) is 16.4 Å². The second-order valence-corrected chi connectivity index (χ2v) is 4.42. The highest BCUT2D eigenvalue weighted by Gasteiger charge is 2.08. The van der Waals surface area contributed by atoms with Gasteiger partial charge in [-0.05, 0) is 6.07 Å². The number of anilines is 1. The second kappa shape index (κ2) is 2.67. The van der Waals surface area contributed by atoms with Crippen LogP contribution in [-0.4, -0.2) is 13.4 Å². The number of nitrogen functional groups attached to an aromatic ring is 1. The predicted molar refractivity (Wildman–Crippen MR) is 41.7 cm³/mol. The first-order chi connectivity index (χ1) is 5.00. The van der Waals surface area contributed by atoms with Crippen LogP contribution >= 0.6 is 10.7 Å². The Balaban J connectivity index is 3.28. The van der Waals surface area contributed by atoms with Crippen LogP contribution < -0.4 is 5.73 Å². The molecule has 1 rings (SSSR count). The van der Waals surface area contributed by atoms with Crippen molar-refractivity contribution in [2.75, 3.05) is 5.73 Å². The molecule has 0 radical (unpaired) electrons. The maximum absolute atomic E-state index is 10.7. The lowest BCUT2D eigenvalue weighted by Crippen LogP contribution is -1.94. The van der Waals surface area contributed by atoms with Gasteiger partial charge in [-0.1, -0.05) is 0 Å². The molecule has 1 aromatic rings. The summed E-state index contributed by atoms with van der Waals surface area (Å²) in [6.07, 6.45) is 1.28. The highest BCUT2D eigenvalue weighted by Crippen LogP contribution is 2.14. The van der Waals surface area contributed by atoms with E-state index in [-0.39, 0.29) is 10.7 Å². The van der Waals surface area contributed by atoms with Crippen molar-refractivity contribution in [2.45, 2.75) is 4.90 Å². The van der Waals surface area contributed by atoms with E-state index in [0.717, 1.165) is 0 Å². The normalized spacial score (nSPS) is 11.4. The van der Waals surface area contributed by atoms with Crippen LogP contribution in [0.15, 0.2) is 23.2 Å². The van der Waals surface area contributed by atoms with Gasteiger partial charge in [0.1, 0.15) is 5.82 Å². The fraction of sp³-hybridized carbons (Fsp3) is 0. The molecule has 0 aliphatic heterocycles. The topological polar surface area (TPSA) is 73.1 Å². The summed E-state index contributed by atoms with van der Waals surface area (Å²) >= 11 is 0. The maximum Gasteiger partial charge on any atom is 0.261 e. The Morgan fingerprint density at radius 2 is 2.18 bits per heavy atom. The minimum Gasteiger partial charge on any atom is -0.384 e. The van der Waals surface area contributed by atoms with Gasteiger partial charge >= 0.3 is 0 Å². The maximum atomic E-state index is 10.7. The lowest BCUT2D eigenvalue weighted by Gasteiger charge is -1.94. The SMILES string of the molecule is Nc1cc(S(=O)(=O)Cl)ccn1. The van der Waals surface area contributed by atoms with Gasteiger partial charge in [0, 0.05) is 22.9 Å². The van der Waals surface area contributed by atoms with Crippen LogP contribution in [0, 0.1) is 0 Å². The van der Waals surface area contributed by atoms with E-state index in [2.05, 4.69) is 4.98 Å². The molecule has 0 aliphatic rings. The number of halogens is 1. The average Bonchev–Trinajstić information content (AvgIpc) is 1.86. The molecule has 0 fully saturated rings. The summed E-state index contributed by atoms with van der Waals surface area (Å²) in [5, 5.41) is 0. The molecule has 0 amide bonds. The summed E-state index contributed by atoms with van der Waals surface area (Å²) in [6, 6.07) is 2.47. The van der Waals surface area contributed by atoms with Crippen molar-refractivity contribution in [2.24, 2.45) is 0 Å². The number of hydrogen-bond donors (Lipinski definition) is 1. The van der Waals surface area contributed by atoms with E-state index in [1.54, 1.807) is 0 Å². The highest BCUT2D eigenvalue weighted by atomic mass is 35.7. The molecule has 6 heteroatoms. The molecular formula is C5H5ClN2O2S. The van der Waals surface area contributed by atoms with Crippen LogP contribution in [0.4, 0.5) is 5.82 Å². The number of nitrogens with zero attached hydrogens (tertiary/aromatic N) is 1. The standard InChI is InChI=1S/C5H5ClN2O2S/c6-11(9,10)4-1-2-8-5(7)3-4/h1-3H,(H2,7,8). The van der Waals surface area contributed by atoms with E-state index < -0.39 is 9.05 Å². The molecule has 60 valence electrons. The summed E-state index contributed by atoms with van der Waals surface area (Å²) in [4.78, 5) is 3.57. The summed E-state index contributed by atoms with van der Waals surface area (Å²) in [5.74, 6) is 0.131. The lowest BCUT2D eigenvalue weighted by molar-refractivity contribution is 0.609. The van der Waals surface area contributed by atoms with Crippen molar-refractivity contribution in [3.8, 4) is 0 Å². The zero-order valence-corrected chi connectivity index (χ0v) is 6.93. The molecule has 0 aromatic carbocycles. The van der Waals surface area contributed by atoms with Crippen molar-refractivity contribution < 1.29 is 8.42 Å². The molecule has 0 saturated carbocycles. The van der Waals surface area contributed by atoms with Gasteiger partial charge in [0.25, 0.3) is 9.05 Å². The largest absolute Gasteiger partial charge is 0.384 e. The smallest absolute Gasteiger partial charge is 0.261 e. The number of aromatic nitrogens is 1. The monoisotopic (exact) mass is 192 g/mol. The van der Waals surface area contributed by atoms with Gasteiger partial charge in [0.15, 0.2) is 0 Å². The van der Waals surface area contributed by atoms with Gasteiger partial charge in [0.2, 0.25) is 0 Å². The molecule has 0 spiro atoms. The van der Waals surface area contributed by atoms with E-state index in [9.17, 15) is 8.42 Å². The zero-order chi connectivity index (χ0) is 8.48. The third-order valence-electron chi connectivity index (χ3n) is 1.03. The zero-order valence-electron chi connectivity index (χ0n) is 5.36. The van der Waals surface area contributed by atoms with Crippen LogP contribution in [-0.2, 0) is 9.05 Å².